The highest BCUT2D eigenvalue weighted by molar-refractivity contribution is 7.99. The molecule has 2 amide bonds. The third-order valence-electron chi connectivity index (χ3n) is 5.59. The summed E-state index contributed by atoms with van der Waals surface area (Å²) < 4.78 is 1.91. The lowest BCUT2D eigenvalue weighted by atomic mass is 9.97. The van der Waals surface area contributed by atoms with E-state index < -0.39 is 0 Å². The molecule has 1 aromatic carbocycles. The number of likely N-dealkylation sites (tertiary alicyclic amines) is 1. The second-order valence-corrected chi connectivity index (χ2v) is 8.40. The highest BCUT2D eigenvalue weighted by atomic mass is 32.2. The van der Waals surface area contributed by atoms with Gasteiger partial charge in [0.05, 0.1) is 11.7 Å². The average Bonchev–Trinajstić information content (AvgIpc) is 3.13. The van der Waals surface area contributed by atoms with Gasteiger partial charge in [-0.2, -0.15) is 0 Å². The summed E-state index contributed by atoms with van der Waals surface area (Å²) >= 11 is 1.36. The number of primary amides is 1. The van der Waals surface area contributed by atoms with Gasteiger partial charge in [0.15, 0.2) is 11.0 Å². The van der Waals surface area contributed by atoms with Crippen LogP contribution < -0.4 is 10.6 Å². The van der Waals surface area contributed by atoms with Crippen LogP contribution >= 0.6 is 11.8 Å². The number of thioether (sulfide) groups is 1. The number of nitrogens with zero attached hydrogens (tertiary/aromatic N) is 5. The fraction of sp³-hybridized carbons (Fsp3) is 0.524. The molecule has 0 bridgehead atoms. The summed E-state index contributed by atoms with van der Waals surface area (Å²) in [5.41, 5.74) is 7.58. The standard InChI is InChI=1S/C21H30N6O2S/c1-4-26(5-2)17-10-8-15(9-11-17)20-23-24-21(25(20)3)30-14-18(28)27-12-6-7-16(13-27)19(22)29/h8-11,16H,4-7,12-14H2,1-3H3,(H2,22,29). The largest absolute Gasteiger partial charge is 0.372 e. The lowest BCUT2D eigenvalue weighted by Gasteiger charge is -2.31. The van der Waals surface area contributed by atoms with E-state index in [1.165, 1.54) is 17.4 Å². The molecule has 3 rings (SSSR count). The van der Waals surface area contributed by atoms with E-state index in [9.17, 15) is 9.59 Å². The van der Waals surface area contributed by atoms with E-state index in [-0.39, 0.29) is 23.5 Å². The summed E-state index contributed by atoms with van der Waals surface area (Å²) in [5.74, 6) is 0.457. The first-order valence-corrected chi connectivity index (χ1v) is 11.4. The zero-order chi connectivity index (χ0) is 21.7. The number of carbonyl (C=O) groups is 2. The molecule has 2 heterocycles. The Bertz CT molecular complexity index is 878. The monoisotopic (exact) mass is 430 g/mol. The van der Waals surface area contributed by atoms with Crippen LogP contribution in [0.25, 0.3) is 11.4 Å². The molecule has 1 aliphatic rings. The number of benzene rings is 1. The van der Waals surface area contributed by atoms with Gasteiger partial charge in [0.1, 0.15) is 0 Å². The quantitative estimate of drug-likeness (QED) is 0.645. The van der Waals surface area contributed by atoms with Gasteiger partial charge in [-0.25, -0.2) is 0 Å². The molecule has 1 atom stereocenters. The van der Waals surface area contributed by atoms with E-state index in [2.05, 4.69) is 53.2 Å². The van der Waals surface area contributed by atoms with Gasteiger partial charge in [-0.3, -0.25) is 9.59 Å². The molecular weight excluding hydrogens is 400 g/mol. The van der Waals surface area contributed by atoms with Crippen LogP contribution in [0.1, 0.15) is 26.7 Å². The second kappa shape index (κ2) is 9.97. The molecule has 2 N–H and O–H groups in total. The van der Waals surface area contributed by atoms with Crippen LogP contribution in [-0.2, 0) is 16.6 Å². The maximum atomic E-state index is 12.6. The average molecular weight is 431 g/mol. The predicted molar refractivity (Wildman–Crippen MR) is 119 cm³/mol. The van der Waals surface area contributed by atoms with Gasteiger partial charge in [-0.15, -0.1) is 10.2 Å². The highest BCUT2D eigenvalue weighted by Gasteiger charge is 2.27. The first kappa shape index (κ1) is 22.1. The smallest absolute Gasteiger partial charge is 0.233 e. The van der Waals surface area contributed by atoms with Crippen molar-refractivity contribution >= 4 is 29.3 Å². The van der Waals surface area contributed by atoms with Gasteiger partial charge in [0.2, 0.25) is 11.8 Å². The molecule has 1 unspecified atom stereocenters. The van der Waals surface area contributed by atoms with Crippen molar-refractivity contribution in [2.45, 2.75) is 31.8 Å². The van der Waals surface area contributed by atoms with Crippen LogP contribution in [-0.4, -0.2) is 63.4 Å². The van der Waals surface area contributed by atoms with Crippen LogP contribution in [0.15, 0.2) is 29.4 Å². The Morgan fingerprint density at radius 1 is 1.20 bits per heavy atom. The van der Waals surface area contributed by atoms with E-state index in [4.69, 9.17) is 5.73 Å². The fourth-order valence-corrected chi connectivity index (χ4v) is 4.57. The summed E-state index contributed by atoms with van der Waals surface area (Å²) in [6.07, 6.45) is 1.56. The maximum absolute atomic E-state index is 12.6. The maximum Gasteiger partial charge on any atom is 0.233 e. The van der Waals surface area contributed by atoms with E-state index in [0.29, 0.717) is 18.2 Å². The van der Waals surface area contributed by atoms with Crippen LogP contribution in [0.3, 0.4) is 0 Å². The summed E-state index contributed by atoms with van der Waals surface area (Å²) in [4.78, 5) is 28.0. The van der Waals surface area contributed by atoms with Crippen LogP contribution in [0.2, 0.25) is 0 Å². The van der Waals surface area contributed by atoms with Crippen molar-refractivity contribution < 1.29 is 9.59 Å². The van der Waals surface area contributed by atoms with Crippen molar-refractivity contribution in [2.24, 2.45) is 18.7 Å². The van der Waals surface area contributed by atoms with Gasteiger partial charge in [0.25, 0.3) is 0 Å². The van der Waals surface area contributed by atoms with Gasteiger partial charge >= 0.3 is 0 Å². The number of rotatable bonds is 8. The molecule has 0 aliphatic carbocycles. The fourth-order valence-electron chi connectivity index (χ4n) is 3.76. The molecule has 1 aliphatic heterocycles. The van der Waals surface area contributed by atoms with Gasteiger partial charge in [-0.1, -0.05) is 11.8 Å². The Hall–Kier alpha value is -2.55. The predicted octanol–water partition coefficient (Wildman–Crippen LogP) is 2.14. The number of carbonyl (C=O) groups excluding carboxylic acids is 2. The first-order chi connectivity index (χ1) is 14.4. The molecule has 162 valence electrons. The SMILES string of the molecule is CCN(CC)c1ccc(-c2nnc(SCC(=O)N3CCCC(C(N)=O)C3)n2C)cc1. The number of hydrogen-bond donors (Lipinski definition) is 1. The normalized spacial score (nSPS) is 16.5. The van der Waals surface area contributed by atoms with E-state index in [0.717, 1.165) is 37.3 Å². The Balaban J connectivity index is 1.63. The number of hydrogen-bond acceptors (Lipinski definition) is 6. The van der Waals surface area contributed by atoms with Crippen molar-refractivity contribution in [3.8, 4) is 11.4 Å². The molecular formula is C21H30N6O2S. The zero-order valence-electron chi connectivity index (χ0n) is 17.9. The van der Waals surface area contributed by atoms with Crippen LogP contribution in [0.4, 0.5) is 5.69 Å². The first-order valence-electron chi connectivity index (χ1n) is 10.4. The third kappa shape index (κ3) is 4.95. The minimum absolute atomic E-state index is 0.000856. The van der Waals surface area contributed by atoms with Crippen molar-refractivity contribution in [3.63, 3.8) is 0 Å². The number of nitrogens with two attached hydrogens (primary N) is 1. The van der Waals surface area contributed by atoms with E-state index >= 15 is 0 Å². The molecule has 9 heteroatoms. The number of piperidine rings is 1. The molecule has 1 fully saturated rings. The van der Waals surface area contributed by atoms with Crippen molar-refractivity contribution in [2.75, 3.05) is 36.8 Å². The minimum Gasteiger partial charge on any atom is -0.372 e. The molecule has 0 spiro atoms. The molecule has 2 aromatic rings. The van der Waals surface area contributed by atoms with Crippen molar-refractivity contribution in [1.29, 1.82) is 0 Å². The minimum atomic E-state index is -0.329. The summed E-state index contributed by atoms with van der Waals surface area (Å²) in [5, 5.41) is 9.27. The van der Waals surface area contributed by atoms with Gasteiger partial charge in [-0.05, 0) is 51.0 Å². The van der Waals surface area contributed by atoms with Crippen LogP contribution in [0, 0.1) is 5.92 Å². The lowest BCUT2D eigenvalue weighted by molar-refractivity contribution is -0.132. The summed E-state index contributed by atoms with van der Waals surface area (Å²) in [6, 6.07) is 8.29. The Morgan fingerprint density at radius 2 is 1.90 bits per heavy atom. The molecule has 0 radical (unpaired) electrons. The van der Waals surface area contributed by atoms with Crippen molar-refractivity contribution in [3.05, 3.63) is 24.3 Å². The van der Waals surface area contributed by atoms with Crippen LogP contribution in [0.5, 0.6) is 0 Å². The molecule has 0 saturated carbocycles. The molecule has 8 nitrogen and oxygen atoms in total. The number of amides is 2. The third-order valence-corrected chi connectivity index (χ3v) is 6.60. The Labute approximate surface area is 181 Å². The zero-order valence-corrected chi connectivity index (χ0v) is 18.7. The molecule has 1 saturated heterocycles. The van der Waals surface area contributed by atoms with E-state index in [1.807, 2.05) is 11.6 Å². The lowest BCUT2D eigenvalue weighted by Crippen LogP contribution is -2.44. The summed E-state index contributed by atoms with van der Waals surface area (Å²) in [6.45, 7) is 7.30. The second-order valence-electron chi connectivity index (χ2n) is 7.45. The summed E-state index contributed by atoms with van der Waals surface area (Å²) in [7, 11) is 1.91. The Kier molecular flexibility index (Phi) is 7.36. The Morgan fingerprint density at radius 3 is 2.53 bits per heavy atom. The van der Waals surface area contributed by atoms with E-state index in [1.54, 1.807) is 4.90 Å². The number of anilines is 1. The van der Waals surface area contributed by atoms with Gasteiger partial charge < -0.3 is 20.1 Å². The molecule has 1 aromatic heterocycles. The highest BCUT2D eigenvalue weighted by Crippen LogP contribution is 2.26. The van der Waals surface area contributed by atoms with Gasteiger partial charge in [0, 0.05) is 44.5 Å². The van der Waals surface area contributed by atoms with Crippen molar-refractivity contribution in [1.82, 2.24) is 19.7 Å². The topological polar surface area (TPSA) is 97.4 Å². The molecule has 30 heavy (non-hydrogen) atoms. The number of aromatic nitrogens is 3.